The van der Waals surface area contributed by atoms with E-state index in [1.165, 1.54) is 13.8 Å². The Bertz CT molecular complexity index is 1310. The molecule has 1 aliphatic heterocycles. The molecule has 1 saturated heterocycles. The summed E-state index contributed by atoms with van der Waals surface area (Å²) >= 11 is 0. The Hall–Kier alpha value is -2.79. The number of benzene rings is 1. The van der Waals surface area contributed by atoms with Gasteiger partial charge in [0.1, 0.15) is 23.9 Å². The van der Waals surface area contributed by atoms with Crippen molar-refractivity contribution in [2.24, 2.45) is 22.7 Å². The standard InChI is InChI=1S/C32H42O10/c1-16-13-22-31(15-39-22,42-19(4)34)25-27(41-28(37)20-11-9-8-10-12-20)32(38)14-21(35)17(2)23(29(32,5)6)24(40-18(3)33)26(36)30(16,25)7/h8-12,16,21-22,24-27,35-36,38H,13-15H2,1-7H3/t16-,21-,22+,24+,25?,26-,27-,30+,31-,32+/m0/s1. The molecule has 1 aromatic rings. The van der Waals surface area contributed by atoms with Crippen LogP contribution in [0.25, 0.3) is 0 Å². The molecule has 0 radical (unpaired) electrons. The van der Waals surface area contributed by atoms with E-state index in [0.29, 0.717) is 17.6 Å². The molecule has 1 unspecified atom stereocenters. The Morgan fingerprint density at radius 3 is 2.19 bits per heavy atom. The van der Waals surface area contributed by atoms with Gasteiger partial charge in [0.2, 0.25) is 0 Å². The van der Waals surface area contributed by atoms with Crippen LogP contribution in [0.4, 0.5) is 0 Å². The maximum atomic E-state index is 13.8. The number of hydrogen-bond donors (Lipinski definition) is 3. The van der Waals surface area contributed by atoms with Crippen LogP contribution in [-0.2, 0) is 28.5 Å². The van der Waals surface area contributed by atoms with Gasteiger partial charge in [-0.25, -0.2) is 4.79 Å². The highest BCUT2D eigenvalue weighted by Crippen LogP contribution is 2.66. The van der Waals surface area contributed by atoms with Crippen molar-refractivity contribution < 1.29 is 48.7 Å². The van der Waals surface area contributed by atoms with Crippen molar-refractivity contribution in [2.45, 2.75) is 103 Å². The van der Waals surface area contributed by atoms with Gasteiger partial charge in [0.25, 0.3) is 0 Å². The van der Waals surface area contributed by atoms with E-state index < -0.39 is 76.4 Å². The van der Waals surface area contributed by atoms with Crippen LogP contribution < -0.4 is 0 Å². The van der Waals surface area contributed by atoms with Crippen LogP contribution in [0.15, 0.2) is 41.5 Å². The largest absolute Gasteiger partial charge is 0.455 e. The van der Waals surface area contributed by atoms with E-state index in [-0.39, 0.29) is 24.5 Å². The van der Waals surface area contributed by atoms with Crippen LogP contribution in [0.5, 0.6) is 0 Å². The molecule has 1 heterocycles. The summed E-state index contributed by atoms with van der Waals surface area (Å²) in [7, 11) is 0. The molecule has 230 valence electrons. The van der Waals surface area contributed by atoms with Crippen LogP contribution >= 0.6 is 0 Å². The lowest BCUT2D eigenvalue weighted by Crippen LogP contribution is -2.81. The number of rotatable bonds is 4. The number of esters is 3. The van der Waals surface area contributed by atoms with Gasteiger partial charge < -0.3 is 34.3 Å². The van der Waals surface area contributed by atoms with E-state index in [2.05, 4.69) is 0 Å². The molecule has 3 aliphatic carbocycles. The second kappa shape index (κ2) is 10.1. The van der Waals surface area contributed by atoms with Gasteiger partial charge in [-0.05, 0) is 42.5 Å². The SMILES string of the molecule is CC(=O)O[C@@H]1C2=C(C)[C@@H](O)C[C@@](O)([C@@H](OC(=O)c3ccccc3)C3[C@@](C)([C@@H](C)C[C@H]4OC[C@@]34OC(C)=O)[C@H]1O)C2(C)C. The number of carbonyl (C=O) groups excluding carboxylic acids is 3. The lowest BCUT2D eigenvalue weighted by Gasteiger charge is -2.69. The molecule has 10 nitrogen and oxygen atoms in total. The van der Waals surface area contributed by atoms with Gasteiger partial charge in [-0.15, -0.1) is 0 Å². The van der Waals surface area contributed by atoms with Gasteiger partial charge in [0.05, 0.1) is 24.2 Å². The molecule has 0 aromatic heterocycles. The zero-order valence-electron chi connectivity index (χ0n) is 25.2. The maximum Gasteiger partial charge on any atom is 0.338 e. The number of hydrogen-bond acceptors (Lipinski definition) is 10. The molecule has 0 amide bonds. The monoisotopic (exact) mass is 586 g/mol. The molecule has 5 rings (SSSR count). The van der Waals surface area contributed by atoms with Crippen LogP contribution in [0, 0.1) is 22.7 Å². The molecule has 4 aliphatic rings. The number of ether oxygens (including phenoxy) is 4. The average Bonchev–Trinajstić information content (AvgIpc) is 2.90. The highest BCUT2D eigenvalue weighted by atomic mass is 16.6. The van der Waals surface area contributed by atoms with E-state index in [1.807, 2.05) is 6.92 Å². The predicted molar refractivity (Wildman–Crippen MR) is 149 cm³/mol. The zero-order chi connectivity index (χ0) is 31.0. The van der Waals surface area contributed by atoms with Crippen molar-refractivity contribution in [1.29, 1.82) is 0 Å². The number of carbonyl (C=O) groups is 3. The summed E-state index contributed by atoms with van der Waals surface area (Å²) in [5.74, 6) is -3.30. The number of aliphatic hydroxyl groups excluding tert-OH is 2. The molecule has 42 heavy (non-hydrogen) atoms. The summed E-state index contributed by atoms with van der Waals surface area (Å²) < 4.78 is 24.2. The molecular weight excluding hydrogens is 544 g/mol. The third-order valence-electron chi connectivity index (χ3n) is 10.9. The lowest BCUT2D eigenvalue weighted by molar-refractivity contribution is -0.358. The molecule has 10 heteroatoms. The van der Waals surface area contributed by atoms with Gasteiger partial charge in [-0.3, -0.25) is 9.59 Å². The van der Waals surface area contributed by atoms with Gasteiger partial charge in [-0.1, -0.05) is 45.9 Å². The van der Waals surface area contributed by atoms with E-state index in [1.54, 1.807) is 58.0 Å². The first-order chi connectivity index (χ1) is 19.5. The first-order valence-electron chi connectivity index (χ1n) is 14.6. The second-order valence-electron chi connectivity index (χ2n) is 13.4. The quantitative estimate of drug-likeness (QED) is 0.273. The average molecular weight is 587 g/mol. The number of fused-ring (bicyclic) bond motifs is 5. The zero-order valence-corrected chi connectivity index (χ0v) is 25.2. The van der Waals surface area contributed by atoms with Crippen LogP contribution in [-0.4, -0.2) is 81.6 Å². The highest BCUT2D eigenvalue weighted by Gasteiger charge is 2.77. The fraction of sp³-hybridized carbons (Fsp3) is 0.656. The Labute approximate surface area is 246 Å². The molecule has 2 saturated carbocycles. The van der Waals surface area contributed by atoms with Crippen molar-refractivity contribution in [3.8, 4) is 0 Å². The fourth-order valence-corrected chi connectivity index (χ4v) is 8.46. The highest BCUT2D eigenvalue weighted by molar-refractivity contribution is 5.89. The van der Waals surface area contributed by atoms with Crippen LogP contribution in [0.2, 0.25) is 0 Å². The summed E-state index contributed by atoms with van der Waals surface area (Å²) in [5.41, 5.74) is -4.78. The van der Waals surface area contributed by atoms with Crippen LogP contribution in [0.3, 0.4) is 0 Å². The van der Waals surface area contributed by atoms with E-state index in [9.17, 15) is 29.7 Å². The fourth-order valence-electron chi connectivity index (χ4n) is 8.46. The van der Waals surface area contributed by atoms with Gasteiger partial charge in [-0.2, -0.15) is 0 Å². The summed E-state index contributed by atoms with van der Waals surface area (Å²) in [6.07, 6.45) is -5.64. The van der Waals surface area contributed by atoms with Gasteiger partial charge >= 0.3 is 17.9 Å². The Kier molecular flexibility index (Phi) is 7.41. The third kappa shape index (κ3) is 4.17. The molecule has 3 N–H and O–H groups in total. The molecule has 3 fully saturated rings. The van der Waals surface area contributed by atoms with Crippen molar-refractivity contribution in [3.63, 3.8) is 0 Å². The summed E-state index contributed by atoms with van der Waals surface area (Å²) in [6, 6.07) is 8.34. The Morgan fingerprint density at radius 2 is 1.64 bits per heavy atom. The minimum absolute atomic E-state index is 0.0463. The minimum Gasteiger partial charge on any atom is -0.455 e. The molecular formula is C32H42O10. The molecule has 2 bridgehead atoms. The van der Waals surface area contributed by atoms with E-state index in [0.717, 1.165) is 0 Å². The van der Waals surface area contributed by atoms with Gasteiger partial charge in [0.15, 0.2) is 11.7 Å². The Morgan fingerprint density at radius 1 is 1.00 bits per heavy atom. The summed E-state index contributed by atoms with van der Waals surface area (Å²) in [4.78, 5) is 38.9. The van der Waals surface area contributed by atoms with Crippen molar-refractivity contribution in [1.82, 2.24) is 0 Å². The first kappa shape index (κ1) is 30.7. The van der Waals surface area contributed by atoms with E-state index in [4.69, 9.17) is 18.9 Å². The summed E-state index contributed by atoms with van der Waals surface area (Å²) in [5, 5.41) is 36.8. The van der Waals surface area contributed by atoms with Gasteiger partial charge in [0, 0.05) is 31.1 Å². The maximum absolute atomic E-state index is 13.8. The minimum atomic E-state index is -1.96. The topological polar surface area (TPSA) is 149 Å². The number of aliphatic hydroxyl groups is 3. The van der Waals surface area contributed by atoms with Crippen molar-refractivity contribution in [2.75, 3.05) is 6.61 Å². The predicted octanol–water partition coefficient (Wildman–Crippen LogP) is 2.72. The second-order valence-corrected chi connectivity index (χ2v) is 13.4. The molecule has 10 atom stereocenters. The van der Waals surface area contributed by atoms with Crippen molar-refractivity contribution in [3.05, 3.63) is 47.0 Å². The third-order valence-corrected chi connectivity index (χ3v) is 10.9. The molecule has 0 spiro atoms. The van der Waals surface area contributed by atoms with Crippen molar-refractivity contribution >= 4 is 17.9 Å². The van der Waals surface area contributed by atoms with E-state index >= 15 is 0 Å². The lowest BCUT2D eigenvalue weighted by atomic mass is 9.43. The molecule has 1 aromatic carbocycles. The summed E-state index contributed by atoms with van der Waals surface area (Å²) in [6.45, 7) is 11.3. The normalized spacial score (nSPS) is 42.1. The van der Waals surface area contributed by atoms with Crippen LogP contribution in [0.1, 0.15) is 71.7 Å². The smallest absolute Gasteiger partial charge is 0.338 e. The Balaban J connectivity index is 1.83. The first-order valence-corrected chi connectivity index (χ1v) is 14.6.